The summed E-state index contributed by atoms with van der Waals surface area (Å²) in [6, 6.07) is -0.563. The van der Waals surface area contributed by atoms with Gasteiger partial charge in [0.05, 0.1) is 13.2 Å². The number of hydrogen-bond acceptors (Lipinski definition) is 4. The summed E-state index contributed by atoms with van der Waals surface area (Å²) in [6.45, 7) is 1.84. The lowest BCUT2D eigenvalue weighted by atomic mass is 9.86. The number of carbonyl (C=O) groups excluding carboxylic acids is 2. The Balaban J connectivity index is 1.49. The second-order valence-electron chi connectivity index (χ2n) is 8.57. The topological polar surface area (TPSA) is 61.9 Å². The van der Waals surface area contributed by atoms with Gasteiger partial charge in [0.15, 0.2) is 0 Å². The standard InChI is InChI=1S/C19H28Cl2FN3O3/c20-13-3-1-11(2-4-13)7-24-16(26)8-25(18-15(22)5-14(21)6-23-18)19(27)17(24)12-9-28-10-12/h11-15,17-18,23H,1-10H2/t11?,13?,14?,15?,17-,18?/m1/s1. The van der Waals surface area contributed by atoms with E-state index in [-0.39, 0.29) is 41.5 Å². The molecule has 158 valence electrons. The van der Waals surface area contributed by atoms with Crippen LogP contribution < -0.4 is 5.32 Å². The Morgan fingerprint density at radius 3 is 2.43 bits per heavy atom. The number of nitrogens with one attached hydrogen (secondary N) is 1. The number of carbonyl (C=O) groups is 2. The number of alkyl halides is 3. The molecule has 2 amide bonds. The second kappa shape index (κ2) is 8.62. The van der Waals surface area contributed by atoms with Crippen molar-refractivity contribution >= 4 is 35.0 Å². The molecule has 0 aromatic rings. The van der Waals surface area contributed by atoms with Crippen LogP contribution in [0, 0.1) is 11.8 Å². The molecule has 0 aromatic carbocycles. The maximum absolute atomic E-state index is 14.6. The van der Waals surface area contributed by atoms with E-state index in [0.29, 0.717) is 32.2 Å². The number of piperazine rings is 1. The zero-order chi connectivity index (χ0) is 19.8. The van der Waals surface area contributed by atoms with Crippen molar-refractivity contribution in [3.63, 3.8) is 0 Å². The van der Waals surface area contributed by atoms with Gasteiger partial charge >= 0.3 is 0 Å². The molecule has 3 aliphatic heterocycles. The Kier molecular flexibility index (Phi) is 6.35. The minimum atomic E-state index is -1.28. The van der Waals surface area contributed by atoms with Crippen molar-refractivity contribution in [3.05, 3.63) is 0 Å². The third-order valence-corrected chi connectivity index (χ3v) is 7.32. The molecule has 4 aliphatic rings. The van der Waals surface area contributed by atoms with E-state index < -0.39 is 18.4 Å². The number of rotatable bonds is 4. The lowest BCUT2D eigenvalue weighted by Crippen LogP contribution is -2.70. The highest BCUT2D eigenvalue weighted by Gasteiger charge is 2.50. The van der Waals surface area contributed by atoms with Crippen molar-refractivity contribution in [2.24, 2.45) is 11.8 Å². The molecule has 9 heteroatoms. The highest BCUT2D eigenvalue weighted by atomic mass is 35.5. The molecule has 3 unspecified atom stereocenters. The van der Waals surface area contributed by atoms with Gasteiger partial charge in [-0.05, 0) is 38.0 Å². The molecular weight excluding hydrogens is 408 g/mol. The maximum Gasteiger partial charge on any atom is 0.247 e. The molecule has 3 heterocycles. The zero-order valence-electron chi connectivity index (χ0n) is 15.9. The second-order valence-corrected chi connectivity index (χ2v) is 9.81. The van der Waals surface area contributed by atoms with E-state index in [0.717, 1.165) is 25.7 Å². The third-order valence-electron chi connectivity index (χ3n) is 6.55. The van der Waals surface area contributed by atoms with Crippen LogP contribution in [-0.4, -0.2) is 83.6 Å². The summed E-state index contributed by atoms with van der Waals surface area (Å²) >= 11 is 12.2. The highest BCUT2D eigenvalue weighted by molar-refractivity contribution is 6.21. The van der Waals surface area contributed by atoms with E-state index in [4.69, 9.17) is 27.9 Å². The van der Waals surface area contributed by atoms with E-state index in [1.807, 2.05) is 0 Å². The number of piperidine rings is 1. The summed E-state index contributed by atoms with van der Waals surface area (Å²) in [7, 11) is 0. The molecule has 4 rings (SSSR count). The average molecular weight is 436 g/mol. The first-order valence-corrected chi connectivity index (χ1v) is 11.1. The number of amides is 2. The van der Waals surface area contributed by atoms with Gasteiger partial charge in [-0.25, -0.2) is 4.39 Å². The highest BCUT2D eigenvalue weighted by Crippen LogP contribution is 2.33. The number of nitrogens with zero attached hydrogens (tertiary/aromatic N) is 2. The predicted octanol–water partition coefficient (Wildman–Crippen LogP) is 1.73. The van der Waals surface area contributed by atoms with E-state index in [1.54, 1.807) is 4.90 Å². The first-order chi connectivity index (χ1) is 13.4. The predicted molar refractivity (Wildman–Crippen MR) is 104 cm³/mol. The SMILES string of the molecule is O=C1[C@@H](C2COC2)N(CC2CCC(Cl)CC2)C(=O)CN1C1NCC(Cl)CC1F. The van der Waals surface area contributed by atoms with Gasteiger partial charge in [-0.3, -0.25) is 14.9 Å². The number of hydrogen-bond donors (Lipinski definition) is 1. The van der Waals surface area contributed by atoms with Gasteiger partial charge in [0.25, 0.3) is 0 Å². The van der Waals surface area contributed by atoms with Gasteiger partial charge in [-0.2, -0.15) is 0 Å². The van der Waals surface area contributed by atoms with Crippen LogP contribution in [0.25, 0.3) is 0 Å². The average Bonchev–Trinajstić information content (AvgIpc) is 2.61. The van der Waals surface area contributed by atoms with Crippen molar-refractivity contribution in [2.75, 3.05) is 32.8 Å². The molecule has 4 atom stereocenters. The molecule has 3 saturated heterocycles. The largest absolute Gasteiger partial charge is 0.380 e. The Morgan fingerprint density at radius 2 is 1.82 bits per heavy atom. The summed E-state index contributed by atoms with van der Waals surface area (Å²) in [5.41, 5.74) is 0. The smallest absolute Gasteiger partial charge is 0.247 e. The summed E-state index contributed by atoms with van der Waals surface area (Å²) in [6.07, 6.45) is 1.94. The molecule has 28 heavy (non-hydrogen) atoms. The minimum Gasteiger partial charge on any atom is -0.380 e. The number of halogens is 3. The Bertz CT molecular complexity index is 601. The van der Waals surface area contributed by atoms with Gasteiger partial charge in [0.2, 0.25) is 11.8 Å². The third kappa shape index (κ3) is 4.13. The van der Waals surface area contributed by atoms with Crippen molar-refractivity contribution in [1.29, 1.82) is 0 Å². The van der Waals surface area contributed by atoms with Crippen LogP contribution in [0.5, 0.6) is 0 Å². The summed E-state index contributed by atoms with van der Waals surface area (Å²) in [4.78, 5) is 29.5. The molecule has 1 aliphatic carbocycles. The Morgan fingerprint density at radius 1 is 1.11 bits per heavy atom. The lowest BCUT2D eigenvalue weighted by molar-refractivity contribution is -0.173. The molecule has 0 radical (unpaired) electrons. The Labute approximate surface area is 175 Å². The number of ether oxygens (including phenoxy) is 1. The summed E-state index contributed by atoms with van der Waals surface area (Å²) in [5.74, 6) is 0.0603. The molecule has 6 nitrogen and oxygen atoms in total. The molecule has 1 saturated carbocycles. The van der Waals surface area contributed by atoms with Crippen molar-refractivity contribution in [1.82, 2.24) is 15.1 Å². The van der Waals surface area contributed by atoms with Crippen LogP contribution in [0.4, 0.5) is 4.39 Å². The van der Waals surface area contributed by atoms with Crippen LogP contribution in [0.3, 0.4) is 0 Å². The van der Waals surface area contributed by atoms with Gasteiger partial charge in [-0.1, -0.05) is 0 Å². The molecule has 1 N–H and O–H groups in total. The molecule has 0 aromatic heterocycles. The first kappa shape index (κ1) is 20.6. The first-order valence-electron chi connectivity index (χ1n) is 10.3. The van der Waals surface area contributed by atoms with E-state index in [9.17, 15) is 14.0 Å². The van der Waals surface area contributed by atoms with Gasteiger partial charge in [0, 0.05) is 29.8 Å². The maximum atomic E-state index is 14.6. The van der Waals surface area contributed by atoms with Crippen LogP contribution in [0.1, 0.15) is 32.1 Å². The van der Waals surface area contributed by atoms with Crippen LogP contribution in [0.2, 0.25) is 0 Å². The van der Waals surface area contributed by atoms with Crippen LogP contribution in [0.15, 0.2) is 0 Å². The molecule has 0 bridgehead atoms. The minimum absolute atomic E-state index is 0.0222. The fraction of sp³-hybridized carbons (Fsp3) is 0.895. The Hall–Kier alpha value is -0.630. The molecule has 0 spiro atoms. The fourth-order valence-electron chi connectivity index (χ4n) is 4.84. The van der Waals surface area contributed by atoms with Crippen molar-refractivity contribution < 1.29 is 18.7 Å². The molecular formula is C19H28Cl2FN3O3. The van der Waals surface area contributed by atoms with E-state index >= 15 is 0 Å². The van der Waals surface area contributed by atoms with Gasteiger partial charge in [0.1, 0.15) is 24.9 Å². The lowest BCUT2D eigenvalue weighted by Gasteiger charge is -2.50. The quantitative estimate of drug-likeness (QED) is 0.683. The van der Waals surface area contributed by atoms with Crippen LogP contribution >= 0.6 is 23.2 Å². The normalized spacial score (nSPS) is 40.5. The fourth-order valence-corrected chi connectivity index (χ4v) is 5.35. The van der Waals surface area contributed by atoms with E-state index in [2.05, 4.69) is 5.32 Å². The molecule has 4 fully saturated rings. The summed E-state index contributed by atoms with van der Waals surface area (Å²) in [5, 5.41) is 2.93. The summed E-state index contributed by atoms with van der Waals surface area (Å²) < 4.78 is 19.9. The monoisotopic (exact) mass is 435 g/mol. The van der Waals surface area contributed by atoms with E-state index in [1.165, 1.54) is 4.90 Å². The van der Waals surface area contributed by atoms with Crippen molar-refractivity contribution in [3.8, 4) is 0 Å². The zero-order valence-corrected chi connectivity index (χ0v) is 17.4. The van der Waals surface area contributed by atoms with Crippen molar-refractivity contribution in [2.45, 2.75) is 61.2 Å². The van der Waals surface area contributed by atoms with Gasteiger partial charge < -0.3 is 14.5 Å². The van der Waals surface area contributed by atoms with Gasteiger partial charge in [-0.15, -0.1) is 23.2 Å². The van der Waals surface area contributed by atoms with Crippen LogP contribution in [-0.2, 0) is 14.3 Å².